The summed E-state index contributed by atoms with van der Waals surface area (Å²) in [5.41, 5.74) is 9.29. The molecule has 0 saturated carbocycles. The van der Waals surface area contributed by atoms with Gasteiger partial charge in [0.05, 0.1) is 12.6 Å². The van der Waals surface area contributed by atoms with Crippen LogP contribution in [-0.2, 0) is 0 Å². The molecule has 0 spiro atoms. The Labute approximate surface area is 134 Å². The van der Waals surface area contributed by atoms with Crippen molar-refractivity contribution in [3.05, 3.63) is 58.1 Å². The maximum Gasteiger partial charge on any atom is 0.124 e. The summed E-state index contributed by atoms with van der Waals surface area (Å²) in [4.78, 5) is 0. The largest absolute Gasteiger partial charge is 0.494 e. The number of rotatable bonds is 6. The van der Waals surface area contributed by atoms with E-state index in [-0.39, 0.29) is 6.04 Å². The molecule has 0 fully saturated rings. The lowest BCUT2D eigenvalue weighted by atomic mass is 10.0. The zero-order chi connectivity index (χ0) is 15.2. The Hall–Kier alpha value is -1.52. The summed E-state index contributed by atoms with van der Waals surface area (Å²) in [5.74, 6) is 0.884. The minimum absolute atomic E-state index is 0.0152. The smallest absolute Gasteiger partial charge is 0.124 e. The van der Waals surface area contributed by atoms with Crippen molar-refractivity contribution in [1.82, 2.24) is 0 Å². The number of halogens is 1. The van der Waals surface area contributed by atoms with Gasteiger partial charge in [-0.1, -0.05) is 34.1 Å². The van der Waals surface area contributed by atoms with Crippen LogP contribution in [0.4, 0.5) is 5.69 Å². The Morgan fingerprint density at radius 2 is 2.00 bits per heavy atom. The lowest BCUT2D eigenvalue weighted by Gasteiger charge is -2.21. The van der Waals surface area contributed by atoms with Crippen LogP contribution in [0.1, 0.15) is 24.1 Å². The standard InChI is InChI=1S/C17H21BrN2O/c1-3-21-17-7-5-4-6-15(17)16(11-19)20-14-9-12(2)8-13(18)10-14/h4-10,16,20H,3,11,19H2,1-2H3. The molecule has 0 saturated heterocycles. The van der Waals surface area contributed by atoms with Crippen LogP contribution in [0.25, 0.3) is 0 Å². The lowest BCUT2D eigenvalue weighted by molar-refractivity contribution is 0.335. The maximum atomic E-state index is 5.96. The molecule has 2 rings (SSSR count). The number of hydrogen-bond acceptors (Lipinski definition) is 3. The van der Waals surface area contributed by atoms with Crippen LogP contribution in [0.3, 0.4) is 0 Å². The Bertz CT molecular complexity index is 581. The third-order valence-corrected chi connectivity index (χ3v) is 3.67. The molecule has 2 aromatic rings. The van der Waals surface area contributed by atoms with Gasteiger partial charge in [-0.25, -0.2) is 0 Å². The van der Waals surface area contributed by atoms with E-state index in [4.69, 9.17) is 10.5 Å². The lowest BCUT2D eigenvalue weighted by Crippen LogP contribution is -2.21. The number of hydrogen-bond donors (Lipinski definition) is 2. The molecule has 2 aromatic carbocycles. The second kappa shape index (κ2) is 7.48. The van der Waals surface area contributed by atoms with Gasteiger partial charge in [-0.3, -0.25) is 0 Å². The molecule has 3 N–H and O–H groups in total. The molecular weight excluding hydrogens is 328 g/mol. The van der Waals surface area contributed by atoms with E-state index in [1.54, 1.807) is 0 Å². The second-order valence-electron chi connectivity index (χ2n) is 4.92. The van der Waals surface area contributed by atoms with Crippen molar-refractivity contribution < 1.29 is 4.74 Å². The Morgan fingerprint density at radius 1 is 1.24 bits per heavy atom. The molecule has 0 aliphatic rings. The molecule has 1 unspecified atom stereocenters. The van der Waals surface area contributed by atoms with Crippen molar-refractivity contribution in [3.63, 3.8) is 0 Å². The van der Waals surface area contributed by atoms with Crippen LogP contribution in [0.2, 0.25) is 0 Å². The van der Waals surface area contributed by atoms with E-state index in [0.29, 0.717) is 13.2 Å². The summed E-state index contributed by atoms with van der Waals surface area (Å²) in [6, 6.07) is 14.3. The first-order valence-electron chi connectivity index (χ1n) is 7.09. The van der Waals surface area contributed by atoms with E-state index in [9.17, 15) is 0 Å². The summed E-state index contributed by atoms with van der Waals surface area (Å²) in [6.45, 7) is 5.20. The molecule has 21 heavy (non-hydrogen) atoms. The van der Waals surface area contributed by atoms with Crippen LogP contribution in [0.5, 0.6) is 5.75 Å². The van der Waals surface area contributed by atoms with Gasteiger partial charge in [0.2, 0.25) is 0 Å². The van der Waals surface area contributed by atoms with Crippen molar-refractivity contribution in [2.75, 3.05) is 18.5 Å². The van der Waals surface area contributed by atoms with E-state index in [2.05, 4.69) is 52.4 Å². The van der Waals surface area contributed by atoms with Crippen LogP contribution < -0.4 is 15.8 Å². The van der Waals surface area contributed by atoms with Crippen molar-refractivity contribution >= 4 is 21.6 Å². The molecular formula is C17H21BrN2O. The number of benzene rings is 2. The van der Waals surface area contributed by atoms with E-state index in [1.165, 1.54) is 5.56 Å². The average Bonchev–Trinajstić information content (AvgIpc) is 2.45. The highest BCUT2D eigenvalue weighted by Gasteiger charge is 2.14. The van der Waals surface area contributed by atoms with Crippen LogP contribution in [0, 0.1) is 6.92 Å². The van der Waals surface area contributed by atoms with Gasteiger partial charge in [-0.05, 0) is 43.7 Å². The first-order valence-corrected chi connectivity index (χ1v) is 7.89. The monoisotopic (exact) mass is 348 g/mol. The first kappa shape index (κ1) is 15.9. The quantitative estimate of drug-likeness (QED) is 0.819. The Kier molecular flexibility index (Phi) is 5.65. The van der Waals surface area contributed by atoms with Gasteiger partial charge in [-0.15, -0.1) is 0 Å². The Balaban J connectivity index is 2.27. The topological polar surface area (TPSA) is 47.3 Å². The van der Waals surface area contributed by atoms with Gasteiger partial charge in [0.1, 0.15) is 5.75 Å². The molecule has 3 nitrogen and oxygen atoms in total. The number of nitrogens with one attached hydrogen (secondary N) is 1. The molecule has 0 aliphatic carbocycles. The van der Waals surface area contributed by atoms with E-state index >= 15 is 0 Å². The fourth-order valence-electron chi connectivity index (χ4n) is 2.34. The molecule has 0 amide bonds. The van der Waals surface area contributed by atoms with Crippen molar-refractivity contribution in [3.8, 4) is 5.75 Å². The second-order valence-corrected chi connectivity index (χ2v) is 5.84. The van der Waals surface area contributed by atoms with Crippen LogP contribution >= 0.6 is 15.9 Å². The highest BCUT2D eigenvalue weighted by Crippen LogP contribution is 2.29. The molecule has 0 radical (unpaired) electrons. The molecule has 0 heterocycles. The number of nitrogens with two attached hydrogens (primary N) is 1. The van der Waals surface area contributed by atoms with Crippen molar-refractivity contribution in [2.24, 2.45) is 5.73 Å². The maximum absolute atomic E-state index is 5.96. The van der Waals surface area contributed by atoms with Gasteiger partial charge in [0, 0.05) is 22.3 Å². The number of aryl methyl sites for hydroxylation is 1. The van der Waals surface area contributed by atoms with Crippen LogP contribution in [-0.4, -0.2) is 13.2 Å². The van der Waals surface area contributed by atoms with Crippen molar-refractivity contribution in [2.45, 2.75) is 19.9 Å². The zero-order valence-electron chi connectivity index (χ0n) is 12.4. The predicted molar refractivity (Wildman–Crippen MR) is 91.9 cm³/mol. The summed E-state index contributed by atoms with van der Waals surface area (Å²) in [5, 5.41) is 3.49. The summed E-state index contributed by atoms with van der Waals surface area (Å²) in [7, 11) is 0. The van der Waals surface area contributed by atoms with E-state index in [0.717, 1.165) is 21.5 Å². The van der Waals surface area contributed by atoms with Gasteiger partial charge in [-0.2, -0.15) is 0 Å². The first-order chi connectivity index (χ1) is 10.1. The minimum atomic E-state index is 0.0152. The van der Waals surface area contributed by atoms with Gasteiger partial charge in [0.25, 0.3) is 0 Å². The Morgan fingerprint density at radius 3 is 2.67 bits per heavy atom. The predicted octanol–water partition coefficient (Wildman–Crippen LogP) is 4.27. The average molecular weight is 349 g/mol. The normalized spacial score (nSPS) is 12.0. The fraction of sp³-hybridized carbons (Fsp3) is 0.294. The van der Waals surface area contributed by atoms with Gasteiger partial charge < -0.3 is 15.8 Å². The molecule has 112 valence electrons. The molecule has 1 atom stereocenters. The SMILES string of the molecule is CCOc1ccccc1C(CN)Nc1cc(C)cc(Br)c1. The molecule has 0 aromatic heterocycles. The van der Waals surface area contributed by atoms with E-state index < -0.39 is 0 Å². The number of anilines is 1. The molecule has 0 aliphatic heterocycles. The summed E-state index contributed by atoms with van der Waals surface area (Å²) >= 11 is 3.52. The highest BCUT2D eigenvalue weighted by atomic mass is 79.9. The summed E-state index contributed by atoms with van der Waals surface area (Å²) < 4.78 is 6.75. The fourth-order valence-corrected chi connectivity index (χ4v) is 2.95. The number of para-hydroxylation sites is 1. The van der Waals surface area contributed by atoms with Gasteiger partial charge in [0.15, 0.2) is 0 Å². The van der Waals surface area contributed by atoms with Crippen molar-refractivity contribution in [1.29, 1.82) is 0 Å². The third-order valence-electron chi connectivity index (χ3n) is 3.21. The zero-order valence-corrected chi connectivity index (χ0v) is 14.0. The third kappa shape index (κ3) is 4.22. The molecule has 4 heteroatoms. The highest BCUT2D eigenvalue weighted by molar-refractivity contribution is 9.10. The van der Waals surface area contributed by atoms with Gasteiger partial charge >= 0.3 is 0 Å². The summed E-state index contributed by atoms with van der Waals surface area (Å²) in [6.07, 6.45) is 0. The minimum Gasteiger partial charge on any atom is -0.494 e. The number of ether oxygens (including phenoxy) is 1. The van der Waals surface area contributed by atoms with E-state index in [1.807, 2.05) is 25.1 Å². The molecule has 0 bridgehead atoms. The van der Waals surface area contributed by atoms with Crippen LogP contribution in [0.15, 0.2) is 46.9 Å².